The Labute approximate surface area is 152 Å². The molecule has 0 aliphatic rings. The third kappa shape index (κ3) is 3.61. The Morgan fingerprint density at radius 1 is 1.26 bits per heavy atom. The van der Waals surface area contributed by atoms with E-state index in [4.69, 9.17) is 9.47 Å². The topological polar surface area (TPSA) is 113 Å². The number of fused-ring (bicyclic) bond motifs is 1. The molecule has 9 heteroatoms. The van der Waals surface area contributed by atoms with Crippen molar-refractivity contribution >= 4 is 17.3 Å². The molecule has 1 aromatic carbocycles. The number of carbonyl (C=O) groups is 1. The highest BCUT2D eigenvalue weighted by Crippen LogP contribution is 2.27. The van der Waals surface area contributed by atoms with Crippen LogP contribution in [0.1, 0.15) is 21.7 Å². The molecule has 0 unspecified atom stereocenters. The minimum Gasteiger partial charge on any atom is -0.490 e. The van der Waals surface area contributed by atoms with Crippen molar-refractivity contribution in [1.82, 2.24) is 9.38 Å². The molecule has 0 fully saturated rings. The summed E-state index contributed by atoms with van der Waals surface area (Å²) in [5.41, 5.74) is 0.819. The third-order valence-electron chi connectivity index (χ3n) is 3.90. The number of rotatable bonds is 5. The summed E-state index contributed by atoms with van der Waals surface area (Å²) in [5, 5.41) is 11.1. The number of methoxy groups -OCH3 is 1. The fourth-order valence-corrected chi connectivity index (χ4v) is 2.62. The van der Waals surface area contributed by atoms with Gasteiger partial charge in [-0.15, -0.1) is 0 Å². The number of hydrogen-bond donors (Lipinski definition) is 0. The number of carbonyl (C=O) groups excluding carboxylic acids is 1. The third-order valence-corrected chi connectivity index (χ3v) is 3.90. The summed E-state index contributed by atoms with van der Waals surface area (Å²) in [7, 11) is 1.30. The normalized spacial score (nSPS) is 10.6. The molecule has 0 saturated heterocycles. The summed E-state index contributed by atoms with van der Waals surface area (Å²) in [6.07, 6.45) is 0. The fourth-order valence-electron chi connectivity index (χ4n) is 2.62. The lowest BCUT2D eigenvalue weighted by Crippen LogP contribution is -2.18. The second kappa shape index (κ2) is 7.24. The van der Waals surface area contributed by atoms with Gasteiger partial charge in [0, 0.05) is 17.8 Å². The second-order valence-corrected chi connectivity index (χ2v) is 5.67. The average molecular weight is 369 g/mol. The van der Waals surface area contributed by atoms with Crippen molar-refractivity contribution in [2.24, 2.45) is 0 Å². The molecule has 2 aromatic heterocycles. The van der Waals surface area contributed by atoms with Gasteiger partial charge in [-0.05, 0) is 31.2 Å². The summed E-state index contributed by atoms with van der Waals surface area (Å²) < 4.78 is 11.5. The summed E-state index contributed by atoms with van der Waals surface area (Å²) >= 11 is 0. The molecule has 0 spiro atoms. The van der Waals surface area contributed by atoms with Gasteiger partial charge < -0.3 is 9.47 Å². The smallest absolute Gasteiger partial charge is 0.338 e. The lowest BCUT2D eigenvalue weighted by atomic mass is 10.2. The summed E-state index contributed by atoms with van der Waals surface area (Å²) in [6.45, 7) is 1.55. The van der Waals surface area contributed by atoms with E-state index in [0.29, 0.717) is 5.65 Å². The predicted molar refractivity (Wildman–Crippen MR) is 95.0 cm³/mol. The van der Waals surface area contributed by atoms with E-state index in [1.807, 2.05) is 0 Å². The van der Waals surface area contributed by atoms with Crippen molar-refractivity contribution in [3.05, 3.63) is 79.9 Å². The minimum absolute atomic E-state index is 0.00384. The molecule has 3 aromatic rings. The highest BCUT2D eigenvalue weighted by atomic mass is 16.6. The van der Waals surface area contributed by atoms with E-state index in [1.54, 1.807) is 25.1 Å². The molecule has 138 valence electrons. The van der Waals surface area contributed by atoms with Gasteiger partial charge in [0.15, 0.2) is 5.75 Å². The number of pyridine rings is 1. The van der Waals surface area contributed by atoms with Crippen molar-refractivity contribution in [3.63, 3.8) is 0 Å². The second-order valence-electron chi connectivity index (χ2n) is 5.67. The Bertz CT molecular complexity index is 1110. The van der Waals surface area contributed by atoms with Crippen molar-refractivity contribution in [2.45, 2.75) is 13.5 Å². The van der Waals surface area contributed by atoms with Crippen LogP contribution in [-0.4, -0.2) is 27.4 Å². The maximum atomic E-state index is 12.2. The predicted octanol–water partition coefficient (Wildman–Crippen LogP) is 2.28. The largest absolute Gasteiger partial charge is 0.490 e. The Kier molecular flexibility index (Phi) is 4.84. The summed E-state index contributed by atoms with van der Waals surface area (Å²) in [5.74, 6) is -0.733. The monoisotopic (exact) mass is 369 g/mol. The molecule has 0 N–H and O–H groups in total. The van der Waals surface area contributed by atoms with E-state index in [2.05, 4.69) is 4.98 Å². The van der Waals surface area contributed by atoms with E-state index in [0.717, 1.165) is 11.8 Å². The Hall–Kier alpha value is -3.75. The first-order valence-corrected chi connectivity index (χ1v) is 7.88. The molecule has 0 atom stereocenters. The van der Waals surface area contributed by atoms with E-state index in [9.17, 15) is 19.7 Å². The highest BCUT2D eigenvalue weighted by molar-refractivity contribution is 5.90. The number of nitrogens with zero attached hydrogens (tertiary/aromatic N) is 3. The Morgan fingerprint density at radius 2 is 2.04 bits per heavy atom. The molecular weight excluding hydrogens is 354 g/mol. The van der Waals surface area contributed by atoms with Crippen molar-refractivity contribution in [2.75, 3.05) is 7.11 Å². The quantitative estimate of drug-likeness (QED) is 0.385. The van der Waals surface area contributed by atoms with E-state index < -0.39 is 10.9 Å². The van der Waals surface area contributed by atoms with Gasteiger partial charge in [-0.25, -0.2) is 9.78 Å². The Morgan fingerprint density at radius 3 is 2.74 bits per heavy atom. The van der Waals surface area contributed by atoms with Crippen LogP contribution < -0.4 is 10.3 Å². The number of hydrogen-bond acceptors (Lipinski definition) is 7. The minimum atomic E-state index is -0.771. The number of aromatic nitrogens is 2. The van der Waals surface area contributed by atoms with Gasteiger partial charge in [-0.1, -0.05) is 6.07 Å². The first-order valence-electron chi connectivity index (χ1n) is 7.88. The number of nitro groups is 1. The molecule has 0 radical (unpaired) electrons. The maximum Gasteiger partial charge on any atom is 0.338 e. The van der Waals surface area contributed by atoms with Crippen LogP contribution in [0.5, 0.6) is 5.75 Å². The molecule has 2 heterocycles. The van der Waals surface area contributed by atoms with Gasteiger partial charge in [0.2, 0.25) is 0 Å². The Balaban J connectivity index is 1.82. The molecule has 3 rings (SSSR count). The zero-order valence-corrected chi connectivity index (χ0v) is 14.5. The van der Waals surface area contributed by atoms with Crippen LogP contribution in [0.4, 0.5) is 5.69 Å². The fraction of sp³-hybridized carbons (Fsp3) is 0.167. The highest BCUT2D eigenvalue weighted by Gasteiger charge is 2.19. The van der Waals surface area contributed by atoms with E-state index >= 15 is 0 Å². The number of benzene rings is 1. The first kappa shape index (κ1) is 18.1. The van der Waals surface area contributed by atoms with Crippen LogP contribution in [-0.2, 0) is 11.3 Å². The van der Waals surface area contributed by atoms with E-state index in [-0.39, 0.29) is 34.9 Å². The lowest BCUT2D eigenvalue weighted by Gasteiger charge is -2.08. The van der Waals surface area contributed by atoms with Gasteiger partial charge in [0.25, 0.3) is 5.56 Å². The maximum absolute atomic E-state index is 12.2. The molecule has 0 aliphatic carbocycles. The molecular formula is C18H15N3O6. The van der Waals surface area contributed by atoms with Gasteiger partial charge in [0.05, 0.1) is 23.3 Å². The van der Waals surface area contributed by atoms with Crippen molar-refractivity contribution in [1.29, 1.82) is 0 Å². The SMILES string of the molecule is COc1ccc(C(=O)OCc2cc(=O)n3c(C)cccc3n2)cc1[N+](=O)[O-]. The number of nitro benzene ring substituents is 1. The van der Waals surface area contributed by atoms with Gasteiger partial charge in [-0.2, -0.15) is 0 Å². The number of aryl methyl sites for hydroxylation is 1. The van der Waals surface area contributed by atoms with Crippen molar-refractivity contribution in [3.8, 4) is 5.75 Å². The standard InChI is InChI=1S/C18H15N3O6/c1-11-4-3-5-16-19-13(9-17(22)20(11)16)10-27-18(23)12-6-7-15(26-2)14(8-12)21(24)25/h3-9H,10H2,1-2H3. The molecule has 9 nitrogen and oxygen atoms in total. The van der Waals surface area contributed by atoms with Crippen molar-refractivity contribution < 1.29 is 19.2 Å². The first-order chi connectivity index (χ1) is 12.9. The van der Waals surface area contributed by atoms with Crippen LogP contribution in [0.2, 0.25) is 0 Å². The number of esters is 1. The number of ether oxygens (including phenoxy) is 2. The van der Waals surface area contributed by atoms with Gasteiger partial charge in [-0.3, -0.25) is 19.3 Å². The van der Waals surface area contributed by atoms with Crippen LogP contribution in [0.25, 0.3) is 5.65 Å². The molecule has 0 bridgehead atoms. The average Bonchev–Trinajstić information content (AvgIpc) is 2.65. The van der Waals surface area contributed by atoms with Crippen LogP contribution >= 0.6 is 0 Å². The molecule has 0 aliphatic heterocycles. The van der Waals surface area contributed by atoms with Gasteiger partial charge in [0.1, 0.15) is 12.3 Å². The summed E-state index contributed by atoms with van der Waals surface area (Å²) in [4.78, 5) is 39.1. The molecule has 0 saturated carbocycles. The molecule has 27 heavy (non-hydrogen) atoms. The van der Waals surface area contributed by atoms with Gasteiger partial charge >= 0.3 is 11.7 Å². The van der Waals surface area contributed by atoms with Crippen LogP contribution in [0.15, 0.2) is 47.3 Å². The summed E-state index contributed by atoms with van der Waals surface area (Å²) in [6, 6.07) is 10.3. The zero-order chi connectivity index (χ0) is 19.6. The van der Waals surface area contributed by atoms with Crippen LogP contribution in [0, 0.1) is 17.0 Å². The van der Waals surface area contributed by atoms with E-state index in [1.165, 1.54) is 29.7 Å². The zero-order valence-electron chi connectivity index (χ0n) is 14.5. The molecule has 0 amide bonds. The van der Waals surface area contributed by atoms with Crippen LogP contribution in [0.3, 0.4) is 0 Å². The lowest BCUT2D eigenvalue weighted by molar-refractivity contribution is -0.385.